The molecule has 4 rings (SSSR count). The fourth-order valence-electron chi connectivity index (χ4n) is 2.88. The molecule has 0 spiro atoms. The maximum absolute atomic E-state index is 12.3. The Morgan fingerprint density at radius 2 is 2.33 bits per heavy atom. The van der Waals surface area contributed by atoms with Gasteiger partial charge in [0.05, 0.1) is 11.9 Å². The van der Waals surface area contributed by atoms with Crippen molar-refractivity contribution in [3.05, 3.63) is 57.1 Å². The third-order valence-corrected chi connectivity index (χ3v) is 4.77. The van der Waals surface area contributed by atoms with Crippen LogP contribution in [0.1, 0.15) is 28.7 Å². The highest BCUT2D eigenvalue weighted by molar-refractivity contribution is 7.08. The van der Waals surface area contributed by atoms with Crippen molar-refractivity contribution in [1.29, 1.82) is 0 Å². The van der Waals surface area contributed by atoms with Gasteiger partial charge in [0.15, 0.2) is 0 Å². The Kier molecular flexibility index (Phi) is 3.73. The van der Waals surface area contributed by atoms with Crippen LogP contribution in [0.15, 0.2) is 44.5 Å². The first-order valence-electron chi connectivity index (χ1n) is 7.54. The normalized spacial score (nSPS) is 17.3. The molecule has 0 aromatic carbocycles. The minimum absolute atomic E-state index is 0.00292. The van der Waals surface area contributed by atoms with E-state index >= 15 is 0 Å². The molecule has 24 heavy (non-hydrogen) atoms. The van der Waals surface area contributed by atoms with Gasteiger partial charge in [0, 0.05) is 42.1 Å². The average Bonchev–Trinajstić information content (AvgIpc) is 3.36. The largest absolute Gasteiger partial charge is 0.351 e. The van der Waals surface area contributed by atoms with Gasteiger partial charge in [-0.3, -0.25) is 9.59 Å². The van der Waals surface area contributed by atoms with Gasteiger partial charge >= 0.3 is 0 Å². The van der Waals surface area contributed by atoms with Gasteiger partial charge in [-0.1, -0.05) is 5.16 Å². The number of aromatic nitrogens is 3. The van der Waals surface area contributed by atoms with Crippen LogP contribution in [0.4, 0.5) is 0 Å². The van der Waals surface area contributed by atoms with Crippen LogP contribution in [0.5, 0.6) is 0 Å². The first kappa shape index (κ1) is 14.8. The van der Waals surface area contributed by atoms with Gasteiger partial charge in [-0.05, 0) is 17.9 Å². The van der Waals surface area contributed by atoms with E-state index < -0.39 is 0 Å². The van der Waals surface area contributed by atoms with Gasteiger partial charge < -0.3 is 14.4 Å². The lowest BCUT2D eigenvalue weighted by atomic mass is 10.1. The van der Waals surface area contributed by atoms with E-state index in [1.54, 1.807) is 22.3 Å². The summed E-state index contributed by atoms with van der Waals surface area (Å²) in [6, 6.07) is 4.98. The summed E-state index contributed by atoms with van der Waals surface area (Å²) in [5.74, 6) is 0.662. The number of thiophene rings is 1. The maximum Gasteiger partial charge on any atom is 0.292 e. The highest BCUT2D eigenvalue weighted by Gasteiger charge is 2.31. The number of likely N-dealkylation sites (tertiary alicyclic amines) is 1. The summed E-state index contributed by atoms with van der Waals surface area (Å²) < 4.78 is 4.92. The fourth-order valence-corrected chi connectivity index (χ4v) is 3.53. The van der Waals surface area contributed by atoms with Gasteiger partial charge in [-0.2, -0.15) is 11.3 Å². The van der Waals surface area contributed by atoms with Crippen LogP contribution in [-0.4, -0.2) is 39.0 Å². The van der Waals surface area contributed by atoms with Crippen molar-refractivity contribution in [2.75, 3.05) is 13.1 Å². The number of hydrogen-bond acceptors (Lipinski definition) is 6. The molecule has 8 heteroatoms. The molecule has 3 aromatic heterocycles. The molecule has 1 fully saturated rings. The molecule has 1 aliphatic rings. The molecule has 0 bridgehead atoms. The standard InChI is InChI=1S/C16H14N4O3S/c21-14-7-12(11-3-6-24-9-11)18-15(19-14)10-2-5-20(8-10)16(22)13-1-4-17-23-13/h1,3-4,6-7,9-10H,2,5,8H2,(H,18,19,21)/t10-/m1/s1. The second-order valence-electron chi connectivity index (χ2n) is 5.64. The molecule has 1 N–H and O–H groups in total. The fraction of sp³-hybridized carbons (Fsp3) is 0.250. The van der Waals surface area contributed by atoms with Gasteiger partial charge in [0.2, 0.25) is 5.76 Å². The lowest BCUT2D eigenvalue weighted by Crippen LogP contribution is -2.28. The molecule has 0 radical (unpaired) electrons. The maximum atomic E-state index is 12.3. The Bertz CT molecular complexity index is 902. The van der Waals surface area contributed by atoms with E-state index in [0.717, 1.165) is 12.0 Å². The van der Waals surface area contributed by atoms with E-state index in [9.17, 15) is 9.59 Å². The molecule has 0 unspecified atom stereocenters. The lowest BCUT2D eigenvalue weighted by molar-refractivity contribution is 0.0749. The van der Waals surface area contributed by atoms with Crippen LogP contribution < -0.4 is 5.56 Å². The van der Waals surface area contributed by atoms with E-state index in [0.29, 0.717) is 24.6 Å². The quantitative estimate of drug-likeness (QED) is 0.787. The van der Waals surface area contributed by atoms with Crippen molar-refractivity contribution < 1.29 is 9.32 Å². The molecule has 1 aliphatic heterocycles. The number of carbonyl (C=O) groups is 1. The van der Waals surface area contributed by atoms with Crippen LogP contribution >= 0.6 is 11.3 Å². The molecule has 1 atom stereocenters. The van der Waals surface area contributed by atoms with E-state index in [1.165, 1.54) is 12.3 Å². The lowest BCUT2D eigenvalue weighted by Gasteiger charge is -2.14. The van der Waals surface area contributed by atoms with Gasteiger partial charge in [-0.15, -0.1) is 0 Å². The third-order valence-electron chi connectivity index (χ3n) is 4.09. The summed E-state index contributed by atoms with van der Waals surface area (Å²) in [6.07, 6.45) is 2.19. The van der Waals surface area contributed by atoms with Crippen molar-refractivity contribution in [3.63, 3.8) is 0 Å². The van der Waals surface area contributed by atoms with Crippen LogP contribution in [-0.2, 0) is 0 Å². The number of nitrogens with one attached hydrogen (secondary N) is 1. The predicted octanol–water partition coefficient (Wildman–Crippen LogP) is 2.12. The zero-order valence-corrected chi connectivity index (χ0v) is 13.5. The van der Waals surface area contributed by atoms with Crippen LogP contribution in [0.3, 0.4) is 0 Å². The van der Waals surface area contributed by atoms with E-state index in [-0.39, 0.29) is 23.1 Å². The SMILES string of the molecule is O=C(c1ccno1)N1CC[C@@H](c2nc(-c3ccsc3)cc(=O)[nH]2)C1. The molecule has 0 aliphatic carbocycles. The van der Waals surface area contributed by atoms with E-state index in [2.05, 4.69) is 15.1 Å². The summed E-state index contributed by atoms with van der Waals surface area (Å²) in [5.41, 5.74) is 1.41. The third kappa shape index (κ3) is 2.76. The summed E-state index contributed by atoms with van der Waals surface area (Å²) in [5, 5.41) is 7.47. The summed E-state index contributed by atoms with van der Waals surface area (Å²) in [7, 11) is 0. The Morgan fingerprint density at radius 1 is 1.42 bits per heavy atom. The van der Waals surface area contributed by atoms with Crippen molar-refractivity contribution in [3.8, 4) is 11.3 Å². The molecular formula is C16H14N4O3S. The number of aromatic amines is 1. The summed E-state index contributed by atoms with van der Waals surface area (Å²) >= 11 is 1.56. The Balaban J connectivity index is 1.57. The zero-order valence-electron chi connectivity index (χ0n) is 12.6. The Labute approximate surface area is 140 Å². The number of amides is 1. The van der Waals surface area contributed by atoms with E-state index in [4.69, 9.17) is 4.52 Å². The van der Waals surface area contributed by atoms with Crippen molar-refractivity contribution in [1.82, 2.24) is 20.0 Å². The molecule has 7 nitrogen and oxygen atoms in total. The van der Waals surface area contributed by atoms with Gasteiger partial charge in [0.25, 0.3) is 11.5 Å². The number of nitrogens with zero attached hydrogens (tertiary/aromatic N) is 3. The van der Waals surface area contributed by atoms with Crippen molar-refractivity contribution in [2.24, 2.45) is 0 Å². The zero-order chi connectivity index (χ0) is 16.5. The Hall–Kier alpha value is -2.74. The monoisotopic (exact) mass is 342 g/mol. The second-order valence-corrected chi connectivity index (χ2v) is 6.42. The topological polar surface area (TPSA) is 92.1 Å². The first-order valence-corrected chi connectivity index (χ1v) is 8.49. The number of hydrogen-bond donors (Lipinski definition) is 1. The van der Waals surface area contributed by atoms with Crippen LogP contribution in [0, 0.1) is 0 Å². The average molecular weight is 342 g/mol. The number of rotatable bonds is 3. The highest BCUT2D eigenvalue weighted by atomic mass is 32.1. The van der Waals surface area contributed by atoms with Crippen LogP contribution in [0.2, 0.25) is 0 Å². The molecule has 1 amide bonds. The van der Waals surface area contributed by atoms with Gasteiger partial charge in [-0.25, -0.2) is 4.98 Å². The molecular weight excluding hydrogens is 328 g/mol. The predicted molar refractivity (Wildman–Crippen MR) is 87.9 cm³/mol. The highest BCUT2D eigenvalue weighted by Crippen LogP contribution is 2.27. The van der Waals surface area contributed by atoms with Crippen molar-refractivity contribution in [2.45, 2.75) is 12.3 Å². The van der Waals surface area contributed by atoms with Gasteiger partial charge in [0.1, 0.15) is 5.82 Å². The molecule has 4 heterocycles. The molecule has 3 aromatic rings. The van der Waals surface area contributed by atoms with Crippen molar-refractivity contribution >= 4 is 17.2 Å². The molecule has 122 valence electrons. The molecule has 1 saturated heterocycles. The summed E-state index contributed by atoms with van der Waals surface area (Å²) in [4.78, 5) is 33.4. The first-order chi connectivity index (χ1) is 11.7. The molecule has 0 saturated carbocycles. The summed E-state index contributed by atoms with van der Waals surface area (Å²) in [6.45, 7) is 1.09. The number of H-pyrrole nitrogens is 1. The smallest absolute Gasteiger partial charge is 0.292 e. The minimum Gasteiger partial charge on any atom is -0.351 e. The minimum atomic E-state index is -0.189. The number of carbonyl (C=O) groups excluding carboxylic acids is 1. The van der Waals surface area contributed by atoms with Crippen LogP contribution in [0.25, 0.3) is 11.3 Å². The second kappa shape index (κ2) is 6.04. The Morgan fingerprint density at radius 3 is 3.08 bits per heavy atom. The van der Waals surface area contributed by atoms with E-state index in [1.807, 2.05) is 16.8 Å².